The molecular weight excluding hydrogens is 190 g/mol. The fraction of sp³-hybridized carbons (Fsp3) is 0.857. The first-order chi connectivity index (χ1) is 5.83. The van der Waals surface area contributed by atoms with Gasteiger partial charge in [0, 0.05) is 6.54 Å². The van der Waals surface area contributed by atoms with Gasteiger partial charge in [-0.3, -0.25) is 0 Å². The van der Waals surface area contributed by atoms with Crippen molar-refractivity contribution in [3.05, 3.63) is 0 Å². The Labute approximate surface area is 79.3 Å². The van der Waals surface area contributed by atoms with Crippen molar-refractivity contribution in [3.63, 3.8) is 0 Å². The van der Waals surface area contributed by atoms with E-state index in [2.05, 4.69) is 9.44 Å². The number of nitrogens with zero attached hydrogens (tertiary/aromatic N) is 1. The number of rotatable bonds is 5. The predicted molar refractivity (Wildman–Crippen MR) is 50.0 cm³/mol. The molecule has 0 bridgehead atoms. The Balaban J connectivity index is 4.28. The summed E-state index contributed by atoms with van der Waals surface area (Å²) < 4.78 is 26.9. The van der Waals surface area contributed by atoms with E-state index >= 15 is 0 Å². The van der Waals surface area contributed by atoms with Gasteiger partial charge in [-0.25, -0.2) is 4.72 Å². The van der Waals surface area contributed by atoms with Gasteiger partial charge in [-0.1, -0.05) is 6.92 Å². The van der Waals surface area contributed by atoms with Gasteiger partial charge in [-0.05, 0) is 20.3 Å². The first kappa shape index (κ1) is 12.4. The van der Waals surface area contributed by atoms with Crippen LogP contribution in [0.25, 0.3) is 0 Å². The first-order valence-electron chi connectivity index (χ1n) is 4.03. The summed E-state index contributed by atoms with van der Waals surface area (Å²) in [4.78, 5) is 0. The maximum absolute atomic E-state index is 11.2. The minimum Gasteiger partial charge on any atom is -0.202 e. The van der Waals surface area contributed by atoms with Crippen LogP contribution in [0.3, 0.4) is 0 Å². The van der Waals surface area contributed by atoms with Crippen LogP contribution in [-0.4, -0.2) is 20.5 Å². The number of nitrogens with one attached hydrogen (secondary N) is 2. The summed E-state index contributed by atoms with van der Waals surface area (Å²) in [6.45, 7) is 5.23. The summed E-state index contributed by atoms with van der Waals surface area (Å²) >= 11 is 0. The average Bonchev–Trinajstić information content (AvgIpc) is 1.99. The summed E-state index contributed by atoms with van der Waals surface area (Å²) in [5.41, 5.74) is -1.07. The summed E-state index contributed by atoms with van der Waals surface area (Å²) in [6.07, 6.45) is 0.716. The number of hydrogen-bond donors (Lipinski definition) is 2. The highest BCUT2D eigenvalue weighted by atomic mass is 32.2. The molecule has 0 aliphatic carbocycles. The van der Waals surface area contributed by atoms with Crippen molar-refractivity contribution in [2.75, 3.05) is 6.54 Å². The molecule has 0 amide bonds. The number of nitriles is 1. The summed E-state index contributed by atoms with van der Waals surface area (Å²) in [5, 5.41) is 8.58. The van der Waals surface area contributed by atoms with E-state index in [-0.39, 0.29) is 0 Å². The molecule has 0 unspecified atom stereocenters. The standard InChI is InChI=1S/C7H15N3O2S/c1-4-5-9-13(11,12)10-7(2,3)6-8/h9-10H,4-5H2,1-3H3. The van der Waals surface area contributed by atoms with Gasteiger partial charge in [0.15, 0.2) is 0 Å². The van der Waals surface area contributed by atoms with Gasteiger partial charge in [0.25, 0.3) is 10.2 Å². The topological polar surface area (TPSA) is 82.0 Å². The Kier molecular flexibility index (Phi) is 4.33. The fourth-order valence-corrected chi connectivity index (χ4v) is 1.89. The quantitative estimate of drug-likeness (QED) is 0.669. The smallest absolute Gasteiger partial charge is 0.202 e. The Morgan fingerprint density at radius 2 is 2.00 bits per heavy atom. The van der Waals surface area contributed by atoms with Gasteiger partial charge in [-0.2, -0.15) is 18.4 Å². The van der Waals surface area contributed by atoms with Gasteiger partial charge in [0.05, 0.1) is 6.07 Å². The van der Waals surface area contributed by atoms with Crippen LogP contribution in [0.5, 0.6) is 0 Å². The van der Waals surface area contributed by atoms with E-state index in [4.69, 9.17) is 5.26 Å². The van der Waals surface area contributed by atoms with E-state index in [0.717, 1.165) is 0 Å². The molecule has 76 valence electrons. The molecule has 0 saturated carbocycles. The van der Waals surface area contributed by atoms with Gasteiger partial charge in [0.2, 0.25) is 0 Å². The molecule has 0 heterocycles. The molecule has 0 saturated heterocycles. The molecule has 6 heteroatoms. The number of hydrogen-bond acceptors (Lipinski definition) is 3. The van der Waals surface area contributed by atoms with Crippen molar-refractivity contribution in [2.24, 2.45) is 0 Å². The molecule has 0 aromatic rings. The molecular formula is C7H15N3O2S. The van der Waals surface area contributed by atoms with Crippen LogP contribution in [-0.2, 0) is 10.2 Å². The van der Waals surface area contributed by atoms with Crippen LogP contribution >= 0.6 is 0 Å². The maximum Gasteiger partial charge on any atom is 0.278 e. The summed E-state index contributed by atoms with van der Waals surface area (Å²) in [5.74, 6) is 0. The van der Waals surface area contributed by atoms with E-state index in [9.17, 15) is 8.42 Å². The lowest BCUT2D eigenvalue weighted by Crippen LogP contribution is -2.47. The van der Waals surface area contributed by atoms with Crippen molar-refractivity contribution in [1.82, 2.24) is 9.44 Å². The van der Waals surface area contributed by atoms with Crippen molar-refractivity contribution in [1.29, 1.82) is 5.26 Å². The van der Waals surface area contributed by atoms with Crippen LogP contribution in [0, 0.1) is 11.3 Å². The highest BCUT2D eigenvalue weighted by Crippen LogP contribution is 2.00. The monoisotopic (exact) mass is 205 g/mol. The summed E-state index contributed by atoms with van der Waals surface area (Å²) in [6, 6.07) is 1.84. The zero-order valence-electron chi connectivity index (χ0n) is 8.09. The normalized spacial score (nSPS) is 12.5. The predicted octanol–water partition coefficient (Wildman–Crippen LogP) is 0.123. The Hall–Kier alpha value is -0.640. The molecule has 13 heavy (non-hydrogen) atoms. The SMILES string of the molecule is CCCNS(=O)(=O)NC(C)(C)C#N. The Bertz CT molecular complexity index is 289. The second-order valence-electron chi connectivity index (χ2n) is 3.24. The van der Waals surface area contributed by atoms with Crippen molar-refractivity contribution in [2.45, 2.75) is 32.7 Å². The van der Waals surface area contributed by atoms with Crippen LogP contribution in [0.4, 0.5) is 0 Å². The van der Waals surface area contributed by atoms with Gasteiger partial charge < -0.3 is 0 Å². The minimum atomic E-state index is -3.54. The van der Waals surface area contributed by atoms with Gasteiger partial charge >= 0.3 is 0 Å². The highest BCUT2D eigenvalue weighted by Gasteiger charge is 2.23. The third kappa shape index (κ3) is 5.58. The lowest BCUT2D eigenvalue weighted by Gasteiger charge is -2.17. The van der Waals surface area contributed by atoms with E-state index in [0.29, 0.717) is 13.0 Å². The molecule has 0 fully saturated rings. The van der Waals surface area contributed by atoms with E-state index in [1.54, 1.807) is 0 Å². The average molecular weight is 205 g/mol. The van der Waals surface area contributed by atoms with Gasteiger partial charge in [0.1, 0.15) is 5.54 Å². The van der Waals surface area contributed by atoms with E-state index in [1.165, 1.54) is 13.8 Å². The summed E-state index contributed by atoms with van der Waals surface area (Å²) in [7, 11) is -3.54. The van der Waals surface area contributed by atoms with Gasteiger partial charge in [-0.15, -0.1) is 0 Å². The Morgan fingerprint density at radius 1 is 1.46 bits per heavy atom. The van der Waals surface area contributed by atoms with Crippen LogP contribution < -0.4 is 9.44 Å². The zero-order valence-corrected chi connectivity index (χ0v) is 8.90. The third-order valence-electron chi connectivity index (χ3n) is 1.21. The zero-order chi connectivity index (χ0) is 10.5. The Morgan fingerprint density at radius 3 is 2.38 bits per heavy atom. The van der Waals surface area contributed by atoms with Crippen molar-refractivity contribution >= 4 is 10.2 Å². The van der Waals surface area contributed by atoms with E-state index < -0.39 is 15.7 Å². The molecule has 0 aliphatic rings. The highest BCUT2D eigenvalue weighted by molar-refractivity contribution is 7.87. The first-order valence-corrected chi connectivity index (χ1v) is 5.51. The molecule has 0 aromatic carbocycles. The maximum atomic E-state index is 11.2. The molecule has 0 atom stereocenters. The molecule has 0 aromatic heterocycles. The molecule has 0 rings (SSSR count). The lowest BCUT2D eigenvalue weighted by atomic mass is 10.1. The molecule has 0 spiro atoms. The minimum absolute atomic E-state index is 0.372. The second-order valence-corrected chi connectivity index (χ2v) is 4.74. The molecule has 2 N–H and O–H groups in total. The van der Waals surface area contributed by atoms with Crippen molar-refractivity contribution in [3.8, 4) is 6.07 Å². The fourth-order valence-electron chi connectivity index (χ4n) is 0.631. The largest absolute Gasteiger partial charge is 0.278 e. The van der Waals surface area contributed by atoms with Crippen LogP contribution in [0.15, 0.2) is 0 Å². The molecule has 0 aliphatic heterocycles. The second kappa shape index (κ2) is 4.56. The van der Waals surface area contributed by atoms with Crippen LogP contribution in [0.2, 0.25) is 0 Å². The van der Waals surface area contributed by atoms with Crippen LogP contribution in [0.1, 0.15) is 27.2 Å². The third-order valence-corrected chi connectivity index (χ3v) is 2.57. The molecule has 5 nitrogen and oxygen atoms in total. The van der Waals surface area contributed by atoms with E-state index in [1.807, 2.05) is 13.0 Å². The van der Waals surface area contributed by atoms with Crippen molar-refractivity contribution < 1.29 is 8.42 Å². The molecule has 0 radical (unpaired) electrons. The lowest BCUT2D eigenvalue weighted by molar-refractivity contribution is 0.523.